The number of aliphatic hydroxyl groups excluding tert-OH is 1. The second-order valence-corrected chi connectivity index (χ2v) is 10.5. The summed E-state index contributed by atoms with van der Waals surface area (Å²) in [7, 11) is 3.89. The van der Waals surface area contributed by atoms with E-state index in [0.29, 0.717) is 28.6 Å². The molecule has 1 N–H and O–H groups in total. The van der Waals surface area contributed by atoms with E-state index in [4.69, 9.17) is 9.72 Å². The standard InChI is InChI=1S/C30H29N3O4S/c1-6-37-22-13-9-20(10-14-22)27(34)24-26(19-7-11-21(12-8-19)32(4)5)33(29(36)28(24)35)30-31-25-18(3)15-17(2)16-23(25)38-30/h7-16,26,34H,6H2,1-5H3. The lowest BCUT2D eigenvalue weighted by Crippen LogP contribution is -2.29. The second-order valence-electron chi connectivity index (χ2n) is 9.54. The first kappa shape index (κ1) is 25.5. The molecule has 1 aliphatic rings. The van der Waals surface area contributed by atoms with E-state index >= 15 is 0 Å². The van der Waals surface area contributed by atoms with Crippen LogP contribution in [0.5, 0.6) is 5.75 Å². The molecule has 1 amide bonds. The summed E-state index contributed by atoms with van der Waals surface area (Å²) in [4.78, 5) is 35.2. The number of ether oxygens (including phenoxy) is 1. The number of carbonyl (C=O) groups is 2. The van der Waals surface area contributed by atoms with Crippen LogP contribution in [0, 0.1) is 13.8 Å². The molecule has 1 saturated heterocycles. The van der Waals surface area contributed by atoms with Crippen LogP contribution in [0.3, 0.4) is 0 Å². The summed E-state index contributed by atoms with van der Waals surface area (Å²) in [5.74, 6) is -1.04. The molecule has 194 valence electrons. The van der Waals surface area contributed by atoms with Crippen LogP contribution in [-0.4, -0.2) is 42.5 Å². The van der Waals surface area contributed by atoms with Gasteiger partial charge in [-0.2, -0.15) is 0 Å². The fourth-order valence-electron chi connectivity index (χ4n) is 4.79. The Morgan fingerprint density at radius 3 is 2.37 bits per heavy atom. The maximum absolute atomic E-state index is 13.5. The molecule has 1 atom stereocenters. The Labute approximate surface area is 225 Å². The molecule has 2 heterocycles. The average Bonchev–Trinajstić information content (AvgIpc) is 3.43. The normalized spacial score (nSPS) is 16.9. The van der Waals surface area contributed by atoms with Crippen LogP contribution >= 0.6 is 11.3 Å². The van der Waals surface area contributed by atoms with Crippen LogP contribution in [0.2, 0.25) is 0 Å². The predicted octanol–water partition coefficient (Wildman–Crippen LogP) is 6.00. The third-order valence-corrected chi connectivity index (χ3v) is 7.63. The number of ketones is 1. The lowest BCUT2D eigenvalue weighted by atomic mass is 9.95. The van der Waals surface area contributed by atoms with E-state index in [2.05, 4.69) is 0 Å². The molecule has 0 bridgehead atoms. The molecule has 3 aromatic carbocycles. The fraction of sp³-hybridized carbons (Fsp3) is 0.233. The van der Waals surface area contributed by atoms with Crippen molar-refractivity contribution in [3.8, 4) is 5.75 Å². The Morgan fingerprint density at radius 2 is 1.74 bits per heavy atom. The van der Waals surface area contributed by atoms with Crippen molar-refractivity contribution in [2.75, 3.05) is 30.5 Å². The average molecular weight is 528 g/mol. The van der Waals surface area contributed by atoms with Gasteiger partial charge in [-0.1, -0.05) is 29.5 Å². The summed E-state index contributed by atoms with van der Waals surface area (Å²) < 4.78 is 6.45. The van der Waals surface area contributed by atoms with Gasteiger partial charge in [0.25, 0.3) is 5.78 Å². The van der Waals surface area contributed by atoms with Crippen LogP contribution in [0.1, 0.15) is 35.2 Å². The number of anilines is 2. The van der Waals surface area contributed by atoms with Crippen molar-refractivity contribution < 1.29 is 19.4 Å². The van der Waals surface area contributed by atoms with Gasteiger partial charge in [0.05, 0.1) is 28.4 Å². The number of carbonyl (C=O) groups excluding carboxylic acids is 2. The number of amides is 1. The van der Waals surface area contributed by atoms with Crippen LogP contribution in [0.25, 0.3) is 16.0 Å². The van der Waals surface area contributed by atoms with Gasteiger partial charge in [-0.05, 0) is 79.9 Å². The van der Waals surface area contributed by atoms with Crippen molar-refractivity contribution in [2.45, 2.75) is 26.8 Å². The quantitative estimate of drug-likeness (QED) is 0.188. The van der Waals surface area contributed by atoms with Gasteiger partial charge in [0.1, 0.15) is 11.5 Å². The van der Waals surface area contributed by atoms with Crippen molar-refractivity contribution in [2.24, 2.45) is 0 Å². The molecule has 0 radical (unpaired) electrons. The number of Topliss-reactive ketones (excluding diaryl/α,β-unsaturated/α-hetero) is 1. The third-order valence-electron chi connectivity index (χ3n) is 6.63. The summed E-state index contributed by atoms with van der Waals surface area (Å²) in [5, 5.41) is 11.8. The minimum atomic E-state index is -0.834. The molecule has 1 aliphatic heterocycles. The summed E-state index contributed by atoms with van der Waals surface area (Å²) in [6, 6.07) is 17.7. The largest absolute Gasteiger partial charge is 0.507 e. The smallest absolute Gasteiger partial charge is 0.301 e. The highest BCUT2D eigenvalue weighted by molar-refractivity contribution is 7.22. The molecule has 5 rings (SSSR count). The number of thiazole rings is 1. The number of fused-ring (bicyclic) bond motifs is 1. The lowest BCUT2D eigenvalue weighted by molar-refractivity contribution is -0.132. The number of rotatable bonds is 6. The first-order chi connectivity index (χ1) is 18.2. The van der Waals surface area contributed by atoms with E-state index < -0.39 is 17.7 Å². The van der Waals surface area contributed by atoms with Gasteiger partial charge in [0.15, 0.2) is 5.13 Å². The van der Waals surface area contributed by atoms with E-state index in [0.717, 1.165) is 27.0 Å². The van der Waals surface area contributed by atoms with Crippen LogP contribution < -0.4 is 14.5 Å². The molecule has 1 fully saturated rings. The first-order valence-electron chi connectivity index (χ1n) is 12.4. The molecule has 38 heavy (non-hydrogen) atoms. The van der Waals surface area contributed by atoms with Gasteiger partial charge in [-0.25, -0.2) is 4.98 Å². The van der Waals surface area contributed by atoms with Gasteiger partial charge in [-0.15, -0.1) is 0 Å². The van der Waals surface area contributed by atoms with Gasteiger partial charge < -0.3 is 14.7 Å². The monoisotopic (exact) mass is 527 g/mol. The Kier molecular flexibility index (Phi) is 6.67. The molecule has 0 saturated carbocycles. The van der Waals surface area contributed by atoms with Crippen molar-refractivity contribution >= 4 is 49.8 Å². The van der Waals surface area contributed by atoms with Crippen molar-refractivity contribution in [3.05, 3.63) is 88.5 Å². The van der Waals surface area contributed by atoms with E-state index in [1.54, 1.807) is 24.3 Å². The molecule has 8 heteroatoms. The number of aryl methyl sites for hydroxylation is 2. The van der Waals surface area contributed by atoms with E-state index in [9.17, 15) is 14.7 Å². The summed E-state index contributed by atoms with van der Waals surface area (Å²) in [5.41, 5.74) is 5.03. The predicted molar refractivity (Wildman–Crippen MR) is 152 cm³/mol. The summed E-state index contributed by atoms with van der Waals surface area (Å²) in [6.07, 6.45) is 0. The lowest BCUT2D eigenvalue weighted by Gasteiger charge is -2.23. The Balaban J connectivity index is 1.69. The zero-order valence-corrected chi connectivity index (χ0v) is 22.8. The molecule has 0 aliphatic carbocycles. The molecule has 0 spiro atoms. The number of hydrogen-bond donors (Lipinski definition) is 1. The van der Waals surface area contributed by atoms with E-state index in [-0.39, 0.29) is 11.3 Å². The topological polar surface area (TPSA) is 83.0 Å². The molecular formula is C30H29N3O4S. The van der Waals surface area contributed by atoms with Crippen LogP contribution in [0.4, 0.5) is 10.8 Å². The Bertz CT molecular complexity index is 1570. The molecule has 1 aromatic heterocycles. The van der Waals surface area contributed by atoms with Crippen molar-refractivity contribution in [3.63, 3.8) is 0 Å². The van der Waals surface area contributed by atoms with Crippen molar-refractivity contribution in [1.82, 2.24) is 4.98 Å². The zero-order chi connectivity index (χ0) is 27.1. The maximum atomic E-state index is 13.5. The van der Waals surface area contributed by atoms with Crippen LogP contribution in [-0.2, 0) is 9.59 Å². The minimum Gasteiger partial charge on any atom is -0.507 e. The highest BCUT2D eigenvalue weighted by Crippen LogP contribution is 2.45. The second kappa shape index (κ2) is 9.95. The SMILES string of the molecule is CCOc1ccc(C(O)=C2C(=O)C(=O)N(c3nc4c(C)cc(C)cc4s3)C2c2ccc(N(C)C)cc2)cc1. The number of aliphatic hydroxyl groups is 1. The Morgan fingerprint density at radius 1 is 1.05 bits per heavy atom. The summed E-state index contributed by atoms with van der Waals surface area (Å²) in [6.45, 7) is 6.40. The van der Waals surface area contributed by atoms with Gasteiger partial charge >= 0.3 is 5.91 Å². The number of benzene rings is 3. The van der Waals surface area contributed by atoms with Crippen molar-refractivity contribution in [1.29, 1.82) is 0 Å². The zero-order valence-electron chi connectivity index (χ0n) is 22.0. The van der Waals surface area contributed by atoms with Crippen LogP contribution in [0.15, 0.2) is 66.2 Å². The minimum absolute atomic E-state index is 0.0314. The molecular weight excluding hydrogens is 498 g/mol. The molecule has 1 unspecified atom stereocenters. The Hall–Kier alpha value is -4.17. The van der Waals surface area contributed by atoms with E-state index in [1.165, 1.54) is 16.2 Å². The number of hydrogen-bond acceptors (Lipinski definition) is 7. The molecule has 7 nitrogen and oxygen atoms in total. The highest BCUT2D eigenvalue weighted by atomic mass is 32.1. The number of nitrogens with zero attached hydrogens (tertiary/aromatic N) is 3. The number of aromatic nitrogens is 1. The third kappa shape index (κ3) is 4.41. The highest BCUT2D eigenvalue weighted by Gasteiger charge is 2.48. The van der Waals surface area contributed by atoms with Gasteiger partial charge in [0.2, 0.25) is 0 Å². The van der Waals surface area contributed by atoms with Gasteiger partial charge in [0, 0.05) is 25.3 Å². The van der Waals surface area contributed by atoms with Gasteiger partial charge in [-0.3, -0.25) is 14.5 Å². The molecule has 4 aromatic rings. The maximum Gasteiger partial charge on any atom is 0.301 e. The fourth-order valence-corrected chi connectivity index (χ4v) is 5.96. The summed E-state index contributed by atoms with van der Waals surface area (Å²) >= 11 is 1.36. The van der Waals surface area contributed by atoms with E-state index in [1.807, 2.05) is 76.2 Å². The first-order valence-corrected chi connectivity index (χ1v) is 13.2.